The molecule has 0 fully saturated rings. The number of hydrazone groups is 1. The van der Waals surface area contributed by atoms with E-state index in [2.05, 4.69) is 22.7 Å². The van der Waals surface area contributed by atoms with E-state index in [4.69, 9.17) is 0 Å². The molecule has 1 aromatic carbocycles. The summed E-state index contributed by atoms with van der Waals surface area (Å²) in [6, 6.07) is 10.0. The van der Waals surface area contributed by atoms with Gasteiger partial charge in [-0.2, -0.15) is 5.10 Å². The highest BCUT2D eigenvalue weighted by molar-refractivity contribution is 5.63. The molecule has 2 rings (SSSR count). The van der Waals surface area contributed by atoms with Crippen LogP contribution in [0.25, 0.3) is 0 Å². The zero-order valence-electron chi connectivity index (χ0n) is 8.76. The number of hydrogen-bond acceptors (Lipinski definition) is 2. The summed E-state index contributed by atoms with van der Waals surface area (Å²) in [7, 11) is 0. The van der Waals surface area contributed by atoms with Gasteiger partial charge >= 0.3 is 0 Å². The predicted molar refractivity (Wildman–Crippen MR) is 65.0 cm³/mol. The van der Waals surface area contributed by atoms with E-state index in [0.717, 1.165) is 12.1 Å². The lowest BCUT2D eigenvalue weighted by molar-refractivity contribution is 0.627. The molecule has 0 aromatic heterocycles. The SMILES string of the molecule is C1=CCC(C=NNc2ccccc2)CC1. The summed E-state index contributed by atoms with van der Waals surface area (Å²) in [6.07, 6.45) is 10.0. The van der Waals surface area contributed by atoms with Gasteiger partial charge in [0.05, 0.1) is 5.69 Å². The van der Waals surface area contributed by atoms with Gasteiger partial charge in [-0.1, -0.05) is 30.4 Å². The van der Waals surface area contributed by atoms with E-state index in [1.165, 1.54) is 12.8 Å². The molecule has 0 bridgehead atoms. The third-order valence-electron chi connectivity index (χ3n) is 2.56. The third-order valence-corrected chi connectivity index (χ3v) is 2.56. The molecule has 0 heterocycles. The Kier molecular flexibility index (Phi) is 3.55. The third kappa shape index (κ3) is 3.24. The van der Waals surface area contributed by atoms with Crippen LogP contribution in [0.15, 0.2) is 47.6 Å². The number of anilines is 1. The first-order chi connectivity index (χ1) is 7.45. The molecule has 1 aromatic rings. The summed E-state index contributed by atoms with van der Waals surface area (Å²) in [6.45, 7) is 0. The van der Waals surface area contributed by atoms with E-state index in [1.54, 1.807) is 0 Å². The van der Waals surface area contributed by atoms with Crippen LogP contribution in [0.5, 0.6) is 0 Å². The van der Waals surface area contributed by atoms with Crippen LogP contribution in [0.3, 0.4) is 0 Å². The summed E-state index contributed by atoms with van der Waals surface area (Å²) in [5.41, 5.74) is 4.08. The fourth-order valence-electron chi connectivity index (χ4n) is 1.68. The van der Waals surface area contributed by atoms with Gasteiger partial charge in [0.25, 0.3) is 0 Å². The first-order valence-electron chi connectivity index (χ1n) is 5.44. The Balaban J connectivity index is 1.82. The number of nitrogens with one attached hydrogen (secondary N) is 1. The van der Waals surface area contributed by atoms with Crippen molar-refractivity contribution in [3.05, 3.63) is 42.5 Å². The Morgan fingerprint density at radius 3 is 2.80 bits per heavy atom. The van der Waals surface area contributed by atoms with Crippen molar-refractivity contribution >= 4 is 11.9 Å². The van der Waals surface area contributed by atoms with Gasteiger partial charge < -0.3 is 0 Å². The summed E-state index contributed by atoms with van der Waals surface area (Å²) in [4.78, 5) is 0. The summed E-state index contributed by atoms with van der Waals surface area (Å²) in [5.74, 6) is 0.603. The van der Waals surface area contributed by atoms with Gasteiger partial charge in [0.1, 0.15) is 0 Å². The molecule has 15 heavy (non-hydrogen) atoms. The maximum absolute atomic E-state index is 4.26. The van der Waals surface area contributed by atoms with Crippen LogP contribution < -0.4 is 5.43 Å². The maximum atomic E-state index is 4.26. The van der Waals surface area contributed by atoms with Crippen molar-refractivity contribution in [1.82, 2.24) is 0 Å². The normalized spacial score (nSPS) is 20.7. The molecule has 1 N–H and O–H groups in total. The molecule has 78 valence electrons. The second kappa shape index (κ2) is 5.35. The van der Waals surface area contributed by atoms with Crippen LogP contribution in [-0.4, -0.2) is 6.21 Å². The lowest BCUT2D eigenvalue weighted by Crippen LogP contribution is -2.04. The van der Waals surface area contributed by atoms with Crippen molar-refractivity contribution in [3.63, 3.8) is 0 Å². The van der Waals surface area contributed by atoms with Crippen molar-refractivity contribution in [2.24, 2.45) is 11.0 Å². The Morgan fingerprint density at radius 1 is 1.20 bits per heavy atom. The number of rotatable bonds is 3. The molecule has 1 atom stereocenters. The second-order valence-corrected chi connectivity index (χ2v) is 3.80. The van der Waals surface area contributed by atoms with Gasteiger partial charge in [-0.05, 0) is 37.3 Å². The zero-order chi connectivity index (χ0) is 10.3. The van der Waals surface area contributed by atoms with Crippen LogP contribution in [-0.2, 0) is 0 Å². The van der Waals surface area contributed by atoms with Crippen molar-refractivity contribution in [3.8, 4) is 0 Å². The minimum atomic E-state index is 0.603. The van der Waals surface area contributed by atoms with Crippen molar-refractivity contribution in [2.45, 2.75) is 19.3 Å². The van der Waals surface area contributed by atoms with Gasteiger partial charge in [-0.25, -0.2) is 0 Å². The van der Waals surface area contributed by atoms with Crippen molar-refractivity contribution < 1.29 is 0 Å². The monoisotopic (exact) mass is 200 g/mol. The van der Waals surface area contributed by atoms with Crippen LogP contribution in [0.2, 0.25) is 0 Å². The van der Waals surface area contributed by atoms with Gasteiger partial charge in [-0.3, -0.25) is 5.43 Å². The highest BCUT2D eigenvalue weighted by atomic mass is 15.3. The average molecular weight is 200 g/mol. The molecule has 1 aliphatic rings. The fraction of sp³-hybridized carbons (Fsp3) is 0.308. The molecular formula is C13H16N2. The molecule has 2 heteroatoms. The fourth-order valence-corrected chi connectivity index (χ4v) is 1.68. The number of allylic oxidation sites excluding steroid dienone is 2. The molecule has 0 saturated heterocycles. The number of para-hydroxylation sites is 1. The van der Waals surface area contributed by atoms with Crippen molar-refractivity contribution in [2.75, 3.05) is 5.43 Å². The first-order valence-corrected chi connectivity index (χ1v) is 5.44. The van der Waals surface area contributed by atoms with Crippen LogP contribution in [0.1, 0.15) is 19.3 Å². The Hall–Kier alpha value is -1.57. The maximum Gasteiger partial charge on any atom is 0.0561 e. The summed E-state index contributed by atoms with van der Waals surface area (Å²) in [5, 5.41) is 4.26. The summed E-state index contributed by atoms with van der Waals surface area (Å²) >= 11 is 0. The average Bonchev–Trinajstić information content (AvgIpc) is 2.32. The lowest BCUT2D eigenvalue weighted by Gasteiger charge is -2.11. The minimum absolute atomic E-state index is 0.603. The Morgan fingerprint density at radius 2 is 2.07 bits per heavy atom. The number of hydrogen-bond donors (Lipinski definition) is 1. The number of benzene rings is 1. The molecular weight excluding hydrogens is 184 g/mol. The summed E-state index contributed by atoms with van der Waals surface area (Å²) < 4.78 is 0. The quantitative estimate of drug-likeness (QED) is 0.451. The van der Waals surface area contributed by atoms with Gasteiger partial charge in [0.2, 0.25) is 0 Å². The highest BCUT2D eigenvalue weighted by Crippen LogP contribution is 2.15. The largest absolute Gasteiger partial charge is 0.279 e. The van der Waals surface area contributed by atoms with E-state index in [1.807, 2.05) is 36.5 Å². The molecule has 1 aliphatic carbocycles. The molecule has 0 aliphatic heterocycles. The first kappa shape index (κ1) is 9.97. The zero-order valence-corrected chi connectivity index (χ0v) is 8.76. The van der Waals surface area contributed by atoms with E-state index >= 15 is 0 Å². The molecule has 0 amide bonds. The van der Waals surface area contributed by atoms with Crippen LogP contribution in [0.4, 0.5) is 5.69 Å². The van der Waals surface area contributed by atoms with E-state index < -0.39 is 0 Å². The minimum Gasteiger partial charge on any atom is -0.279 e. The standard InChI is InChI=1S/C13H16N2/c1-3-7-12(8-4-1)11-14-15-13-9-5-2-6-10-13/h1-3,5-6,9-12,15H,4,7-8H2. The van der Waals surface area contributed by atoms with Gasteiger partial charge in [-0.15, -0.1) is 0 Å². The van der Waals surface area contributed by atoms with Crippen LogP contribution >= 0.6 is 0 Å². The molecule has 0 spiro atoms. The molecule has 2 nitrogen and oxygen atoms in total. The molecule has 0 radical (unpaired) electrons. The van der Waals surface area contributed by atoms with Gasteiger partial charge in [0.15, 0.2) is 0 Å². The second-order valence-electron chi connectivity index (χ2n) is 3.80. The Bertz CT molecular complexity index is 341. The topological polar surface area (TPSA) is 24.4 Å². The lowest BCUT2D eigenvalue weighted by atomic mass is 9.96. The van der Waals surface area contributed by atoms with Gasteiger partial charge in [0, 0.05) is 6.21 Å². The van der Waals surface area contributed by atoms with E-state index in [9.17, 15) is 0 Å². The molecule has 1 unspecified atom stereocenters. The Labute approximate surface area is 90.7 Å². The number of nitrogens with zero attached hydrogens (tertiary/aromatic N) is 1. The van der Waals surface area contributed by atoms with Crippen LogP contribution in [0, 0.1) is 5.92 Å². The smallest absolute Gasteiger partial charge is 0.0561 e. The van der Waals surface area contributed by atoms with E-state index in [-0.39, 0.29) is 0 Å². The van der Waals surface area contributed by atoms with Crippen molar-refractivity contribution in [1.29, 1.82) is 0 Å². The van der Waals surface area contributed by atoms with E-state index in [0.29, 0.717) is 5.92 Å². The highest BCUT2D eigenvalue weighted by Gasteiger charge is 2.05. The molecule has 0 saturated carbocycles. The predicted octanol–water partition coefficient (Wildman–Crippen LogP) is 3.44.